The van der Waals surface area contributed by atoms with Crippen molar-refractivity contribution >= 4 is 29.3 Å². The molecule has 5 rings (SSSR count). The van der Waals surface area contributed by atoms with Gasteiger partial charge >= 0.3 is 0 Å². The molecule has 6 atom stereocenters. The molecule has 0 radical (unpaired) electrons. The summed E-state index contributed by atoms with van der Waals surface area (Å²) in [4.78, 5) is 39.4. The van der Waals surface area contributed by atoms with Crippen molar-refractivity contribution in [2.24, 2.45) is 11.8 Å². The Morgan fingerprint density at radius 2 is 2.12 bits per heavy atom. The van der Waals surface area contributed by atoms with Gasteiger partial charge in [-0.15, -0.1) is 0 Å². The average Bonchev–Trinajstić information content (AvgIpc) is 3.20. The number of hydrogen-bond donors (Lipinski definition) is 3. The predicted octanol–water partition coefficient (Wildman–Crippen LogP) is 1.92. The third kappa shape index (κ3) is 4.59. The summed E-state index contributed by atoms with van der Waals surface area (Å²) < 4.78 is 29.6. The van der Waals surface area contributed by atoms with E-state index in [1.165, 1.54) is 12.1 Å². The van der Waals surface area contributed by atoms with E-state index in [0.717, 1.165) is 4.90 Å². The van der Waals surface area contributed by atoms with Gasteiger partial charge in [-0.05, 0) is 43.4 Å². The smallest absolute Gasteiger partial charge is 0.256 e. The molecular weight excluding hydrogens is 470 g/mol. The second-order valence-electron chi connectivity index (χ2n) is 9.15. The minimum Gasteiger partial charge on any atom is -0.378 e. The normalized spacial score (nSPS) is 29.1. The lowest BCUT2D eigenvalue weighted by molar-refractivity contribution is -0.198. The second kappa shape index (κ2) is 9.47. The number of fused-ring (bicyclic) bond motifs is 3. The Morgan fingerprint density at radius 1 is 1.35 bits per heavy atom. The van der Waals surface area contributed by atoms with E-state index < -0.39 is 60.2 Å². The van der Waals surface area contributed by atoms with Crippen LogP contribution in [0.3, 0.4) is 0 Å². The maximum absolute atomic E-state index is 14.8. The van der Waals surface area contributed by atoms with Crippen molar-refractivity contribution in [2.45, 2.75) is 62.3 Å². The Bertz CT molecular complexity index is 1030. The van der Waals surface area contributed by atoms with Crippen molar-refractivity contribution in [3.05, 3.63) is 34.9 Å². The van der Waals surface area contributed by atoms with Crippen LogP contribution in [0.2, 0.25) is 5.02 Å². The highest BCUT2D eigenvalue weighted by atomic mass is 35.5. The van der Waals surface area contributed by atoms with Crippen molar-refractivity contribution in [2.75, 3.05) is 6.54 Å². The number of amides is 3. The number of rotatable bonds is 6. The minimum atomic E-state index is -3.17. The lowest BCUT2D eigenvalue weighted by Gasteiger charge is -2.54. The van der Waals surface area contributed by atoms with Crippen LogP contribution in [0.15, 0.2) is 24.3 Å². The highest BCUT2D eigenvalue weighted by Gasteiger charge is 2.61. The predicted molar refractivity (Wildman–Crippen MR) is 116 cm³/mol. The van der Waals surface area contributed by atoms with Crippen LogP contribution in [-0.2, 0) is 14.4 Å². The number of nitriles is 1. The molecule has 3 saturated heterocycles. The molecule has 4 aliphatic rings. The summed E-state index contributed by atoms with van der Waals surface area (Å²) in [6.45, 7) is 0.470. The van der Waals surface area contributed by atoms with Gasteiger partial charge in [0.05, 0.1) is 12.0 Å². The molecule has 3 heterocycles. The molecule has 1 aromatic carbocycles. The molecule has 11 heteroatoms. The number of piperidine rings is 2. The fraction of sp³-hybridized carbons (Fsp3) is 0.565. The maximum atomic E-state index is 14.8. The molecule has 3 N–H and O–H groups in total. The van der Waals surface area contributed by atoms with E-state index >= 15 is 0 Å². The summed E-state index contributed by atoms with van der Waals surface area (Å²) in [6.07, 6.45) is -1.41. The molecular formula is C23H25ClF2N4O4. The van der Waals surface area contributed by atoms with Gasteiger partial charge in [0.25, 0.3) is 11.8 Å². The van der Waals surface area contributed by atoms with Gasteiger partial charge in [-0.2, -0.15) is 5.26 Å². The number of carbonyl (C=O) groups excluding carboxylic acids is 3. The van der Waals surface area contributed by atoms with Crippen LogP contribution in [-0.4, -0.2) is 58.3 Å². The van der Waals surface area contributed by atoms with Crippen molar-refractivity contribution < 1.29 is 28.3 Å². The minimum absolute atomic E-state index is 0.0368. The van der Waals surface area contributed by atoms with Gasteiger partial charge in [-0.25, -0.2) is 8.78 Å². The van der Waals surface area contributed by atoms with Crippen LogP contribution in [0.25, 0.3) is 0 Å². The van der Waals surface area contributed by atoms with Gasteiger partial charge in [0.2, 0.25) is 11.8 Å². The summed E-state index contributed by atoms with van der Waals surface area (Å²) in [5.41, 5.74) is 0.187. The Kier molecular flexibility index (Phi) is 6.78. The number of carbonyl (C=O) groups is 3. The summed E-state index contributed by atoms with van der Waals surface area (Å²) in [5.74, 6) is -7.05. The first kappa shape index (κ1) is 24.4. The second-order valence-corrected chi connectivity index (χ2v) is 9.59. The third-order valence-electron chi connectivity index (χ3n) is 7.01. The molecule has 34 heavy (non-hydrogen) atoms. The summed E-state index contributed by atoms with van der Waals surface area (Å²) >= 11 is 5.95. The number of alkyl halides is 2. The first-order valence-electron chi connectivity index (χ1n) is 11.2. The van der Waals surface area contributed by atoms with Gasteiger partial charge in [0.15, 0.2) is 6.10 Å². The number of aliphatic hydroxyl groups excluding tert-OH is 1. The van der Waals surface area contributed by atoms with E-state index in [4.69, 9.17) is 11.6 Å². The molecule has 1 saturated carbocycles. The van der Waals surface area contributed by atoms with Crippen LogP contribution in [0, 0.1) is 23.2 Å². The lowest BCUT2D eigenvalue weighted by atomic mass is 9.71. The Morgan fingerprint density at radius 3 is 2.74 bits per heavy atom. The Labute approximate surface area is 200 Å². The van der Waals surface area contributed by atoms with Crippen LogP contribution in [0.1, 0.15) is 43.8 Å². The number of aliphatic hydroxyl groups is 1. The van der Waals surface area contributed by atoms with Gasteiger partial charge in [0.1, 0.15) is 12.1 Å². The zero-order chi connectivity index (χ0) is 24.6. The topological polar surface area (TPSA) is 123 Å². The largest absolute Gasteiger partial charge is 0.378 e. The highest BCUT2D eigenvalue weighted by molar-refractivity contribution is 6.30. The third-order valence-corrected chi connectivity index (χ3v) is 7.25. The molecule has 2 bridgehead atoms. The molecule has 3 amide bonds. The molecule has 3 aliphatic heterocycles. The van der Waals surface area contributed by atoms with E-state index in [0.29, 0.717) is 13.0 Å². The molecule has 0 aromatic heterocycles. The molecule has 1 aliphatic carbocycles. The quantitative estimate of drug-likeness (QED) is 0.557. The zero-order valence-electron chi connectivity index (χ0n) is 18.2. The monoisotopic (exact) mass is 494 g/mol. The van der Waals surface area contributed by atoms with E-state index in [-0.39, 0.29) is 35.8 Å². The molecule has 4 fully saturated rings. The molecule has 0 spiro atoms. The highest BCUT2D eigenvalue weighted by Crippen LogP contribution is 2.49. The SMILES string of the molecule is N#C[C@H](C[C@@H]1CCNC1=O)NC(=O)[C@@H]1[C@@H]2CC[C@@H](CC2(F)F)N1C(=O)[C@@H](O)c1cccc(Cl)c1. The van der Waals surface area contributed by atoms with Gasteiger partial charge in [-0.1, -0.05) is 23.7 Å². The van der Waals surface area contributed by atoms with Crippen molar-refractivity contribution in [1.29, 1.82) is 5.26 Å². The van der Waals surface area contributed by atoms with Crippen LogP contribution >= 0.6 is 11.6 Å². The fourth-order valence-corrected chi connectivity index (χ4v) is 5.54. The van der Waals surface area contributed by atoms with Crippen LogP contribution in [0.5, 0.6) is 0 Å². The summed E-state index contributed by atoms with van der Waals surface area (Å²) in [6, 6.07) is 4.35. The van der Waals surface area contributed by atoms with Gasteiger partial charge in [-0.3, -0.25) is 14.4 Å². The molecule has 0 unspecified atom stereocenters. The van der Waals surface area contributed by atoms with Crippen LogP contribution < -0.4 is 10.6 Å². The standard InChI is InChI=1S/C23H25ClF2N4O4/c24-14-3-1-2-12(8-14)19(31)22(34)30-16-4-5-17(23(25,26)10-16)18(30)21(33)29-15(11-27)9-13-6-7-28-20(13)32/h1-3,8,13,15-19,31H,4-7,9-10H2,(H,28,32)(H,29,33)/t13-,15-,16-,17-,18-,19-/m0/s1. The number of hydrogen-bond acceptors (Lipinski definition) is 5. The maximum Gasteiger partial charge on any atom is 0.256 e. The summed E-state index contributed by atoms with van der Waals surface area (Å²) in [5, 5.41) is 25.6. The van der Waals surface area contributed by atoms with E-state index in [9.17, 15) is 33.5 Å². The van der Waals surface area contributed by atoms with Crippen molar-refractivity contribution in [3.8, 4) is 6.07 Å². The fourth-order valence-electron chi connectivity index (χ4n) is 5.34. The molecule has 8 nitrogen and oxygen atoms in total. The summed E-state index contributed by atoms with van der Waals surface area (Å²) in [7, 11) is 0. The molecule has 182 valence electrons. The first-order valence-corrected chi connectivity index (χ1v) is 11.6. The number of nitrogens with zero attached hydrogens (tertiary/aromatic N) is 2. The first-order chi connectivity index (χ1) is 16.1. The van der Waals surface area contributed by atoms with E-state index in [2.05, 4.69) is 10.6 Å². The lowest BCUT2D eigenvalue weighted by Crippen LogP contribution is -2.69. The van der Waals surface area contributed by atoms with E-state index in [1.54, 1.807) is 12.1 Å². The van der Waals surface area contributed by atoms with Crippen molar-refractivity contribution in [1.82, 2.24) is 15.5 Å². The zero-order valence-corrected chi connectivity index (χ0v) is 19.0. The van der Waals surface area contributed by atoms with Gasteiger partial charge in [0, 0.05) is 29.9 Å². The Balaban J connectivity index is 1.58. The molecule has 1 aromatic rings. The number of nitrogens with one attached hydrogen (secondary N) is 2. The average molecular weight is 495 g/mol. The number of benzene rings is 1. The Hall–Kier alpha value is -2.77. The van der Waals surface area contributed by atoms with Crippen LogP contribution in [0.4, 0.5) is 8.78 Å². The van der Waals surface area contributed by atoms with E-state index in [1.807, 2.05) is 6.07 Å². The van der Waals surface area contributed by atoms with Gasteiger partial charge < -0.3 is 20.6 Å². The number of halogens is 3. The van der Waals surface area contributed by atoms with Crippen molar-refractivity contribution in [3.63, 3.8) is 0 Å².